The first-order valence-corrected chi connectivity index (χ1v) is 7.56. The van der Waals surface area contributed by atoms with E-state index in [0.29, 0.717) is 0 Å². The Labute approximate surface area is 120 Å². The van der Waals surface area contributed by atoms with E-state index in [0.717, 1.165) is 4.31 Å². The molecule has 0 aliphatic carbocycles. The van der Waals surface area contributed by atoms with Gasteiger partial charge in [0.25, 0.3) is 10.2 Å². The molecule has 0 aromatic rings. The highest BCUT2D eigenvalue weighted by atomic mass is 32.2. The minimum absolute atomic E-state index is 0.00856. The van der Waals surface area contributed by atoms with Crippen molar-refractivity contribution in [1.82, 2.24) is 8.61 Å². The molecule has 120 valence electrons. The van der Waals surface area contributed by atoms with Gasteiger partial charge in [0.1, 0.15) is 0 Å². The summed E-state index contributed by atoms with van der Waals surface area (Å²) in [6.45, 7) is 1.09. The number of carbonyl (C=O) groups excluding carboxylic acids is 1. The van der Waals surface area contributed by atoms with Gasteiger partial charge in [-0.25, -0.2) is 0 Å². The molecule has 0 radical (unpaired) electrons. The van der Waals surface area contributed by atoms with Crippen LogP contribution in [0.4, 0.5) is 0 Å². The molecule has 0 aliphatic heterocycles. The fourth-order valence-corrected chi connectivity index (χ4v) is 2.72. The van der Waals surface area contributed by atoms with Gasteiger partial charge in [0.2, 0.25) is 0 Å². The maximum absolute atomic E-state index is 12.3. The van der Waals surface area contributed by atoms with Gasteiger partial charge in [0.05, 0.1) is 26.7 Å². The van der Waals surface area contributed by atoms with Crippen LogP contribution in [0.5, 0.6) is 0 Å². The summed E-state index contributed by atoms with van der Waals surface area (Å²) in [5.74, 6) is -0.451. The van der Waals surface area contributed by atoms with Gasteiger partial charge in [0, 0.05) is 40.9 Å². The maximum Gasteiger partial charge on any atom is 0.306 e. The molecule has 0 unspecified atom stereocenters. The lowest BCUT2D eigenvalue weighted by molar-refractivity contribution is -0.140. The second-order valence-corrected chi connectivity index (χ2v) is 6.08. The Balaban J connectivity index is 4.67. The van der Waals surface area contributed by atoms with Crippen LogP contribution < -0.4 is 0 Å². The van der Waals surface area contributed by atoms with E-state index >= 15 is 0 Å². The Bertz CT molecular complexity index is 365. The zero-order valence-corrected chi connectivity index (χ0v) is 13.3. The second kappa shape index (κ2) is 10.1. The summed E-state index contributed by atoms with van der Waals surface area (Å²) >= 11 is 0. The minimum atomic E-state index is -3.65. The fourth-order valence-electron chi connectivity index (χ4n) is 1.39. The SMILES string of the molecule is COCCN(CCOC)S(=O)(=O)N(C)CCC(=O)OC. The summed E-state index contributed by atoms with van der Waals surface area (Å²) < 4.78 is 41.3. The van der Waals surface area contributed by atoms with E-state index < -0.39 is 16.2 Å². The molecule has 0 atom stereocenters. The van der Waals surface area contributed by atoms with Crippen LogP contribution in [-0.4, -0.2) is 84.2 Å². The van der Waals surface area contributed by atoms with Crippen molar-refractivity contribution in [3.8, 4) is 0 Å². The molecule has 0 aromatic carbocycles. The molecule has 8 nitrogen and oxygen atoms in total. The number of methoxy groups -OCH3 is 3. The lowest BCUT2D eigenvalue weighted by Crippen LogP contribution is -2.45. The largest absolute Gasteiger partial charge is 0.469 e. The molecular weight excluding hydrogens is 288 g/mol. The second-order valence-electron chi connectivity index (χ2n) is 4.04. The molecule has 20 heavy (non-hydrogen) atoms. The highest BCUT2D eigenvalue weighted by Crippen LogP contribution is 2.07. The van der Waals surface area contributed by atoms with Crippen LogP contribution in [-0.2, 0) is 29.2 Å². The average molecular weight is 312 g/mol. The predicted molar refractivity (Wildman–Crippen MR) is 73.5 cm³/mol. The molecule has 0 aromatic heterocycles. The van der Waals surface area contributed by atoms with Crippen LogP contribution in [0, 0.1) is 0 Å². The van der Waals surface area contributed by atoms with Crippen LogP contribution in [0.15, 0.2) is 0 Å². The van der Waals surface area contributed by atoms with Crippen molar-refractivity contribution < 1.29 is 27.4 Å². The minimum Gasteiger partial charge on any atom is -0.469 e. The van der Waals surface area contributed by atoms with Crippen LogP contribution in [0.2, 0.25) is 0 Å². The first-order valence-electron chi connectivity index (χ1n) is 6.16. The zero-order chi connectivity index (χ0) is 15.6. The molecule has 0 amide bonds. The molecule has 0 N–H and O–H groups in total. The first-order chi connectivity index (χ1) is 9.39. The smallest absolute Gasteiger partial charge is 0.306 e. The third kappa shape index (κ3) is 6.62. The van der Waals surface area contributed by atoms with Crippen LogP contribution in [0.25, 0.3) is 0 Å². The fraction of sp³-hybridized carbons (Fsp3) is 0.909. The van der Waals surface area contributed by atoms with Gasteiger partial charge in [-0.1, -0.05) is 0 Å². The normalized spacial score (nSPS) is 12.1. The van der Waals surface area contributed by atoms with Crippen molar-refractivity contribution in [2.45, 2.75) is 6.42 Å². The Hall–Kier alpha value is -0.740. The predicted octanol–water partition coefficient (Wildman–Crippen LogP) is -0.679. The zero-order valence-electron chi connectivity index (χ0n) is 12.5. The van der Waals surface area contributed by atoms with E-state index in [1.54, 1.807) is 0 Å². The van der Waals surface area contributed by atoms with E-state index in [4.69, 9.17) is 9.47 Å². The number of nitrogens with zero attached hydrogens (tertiary/aromatic N) is 2. The van der Waals surface area contributed by atoms with Crippen LogP contribution in [0.1, 0.15) is 6.42 Å². The van der Waals surface area contributed by atoms with E-state index in [2.05, 4.69) is 4.74 Å². The highest BCUT2D eigenvalue weighted by molar-refractivity contribution is 7.86. The molecule has 9 heteroatoms. The summed E-state index contributed by atoms with van der Waals surface area (Å²) in [6, 6.07) is 0. The van der Waals surface area contributed by atoms with Gasteiger partial charge in [-0.15, -0.1) is 0 Å². The third-order valence-electron chi connectivity index (χ3n) is 2.67. The van der Waals surface area contributed by atoms with Crippen LogP contribution in [0.3, 0.4) is 0 Å². The first kappa shape index (κ1) is 19.3. The number of ether oxygens (including phenoxy) is 3. The quantitative estimate of drug-likeness (QED) is 0.470. The lowest BCUT2D eigenvalue weighted by atomic mass is 10.4. The van der Waals surface area contributed by atoms with Gasteiger partial charge in [-0.3, -0.25) is 4.79 Å². The van der Waals surface area contributed by atoms with Crippen molar-refractivity contribution >= 4 is 16.2 Å². The van der Waals surface area contributed by atoms with Gasteiger partial charge in [-0.2, -0.15) is 17.0 Å². The maximum atomic E-state index is 12.3. The highest BCUT2D eigenvalue weighted by Gasteiger charge is 2.26. The molecule has 0 rings (SSSR count). The molecule has 0 saturated carbocycles. The molecule has 0 saturated heterocycles. The lowest BCUT2D eigenvalue weighted by Gasteiger charge is -2.26. The molecule has 0 aliphatic rings. The van der Waals surface area contributed by atoms with Gasteiger partial charge >= 0.3 is 5.97 Å². The van der Waals surface area contributed by atoms with Crippen molar-refractivity contribution in [2.24, 2.45) is 0 Å². The van der Waals surface area contributed by atoms with Crippen LogP contribution >= 0.6 is 0 Å². The Kier molecular flexibility index (Phi) is 9.68. The standard InChI is InChI=1S/C11H24N2O6S/c1-12(6-5-11(14)19-4)20(15,16)13(7-9-17-2)8-10-18-3/h5-10H2,1-4H3. The van der Waals surface area contributed by atoms with E-state index in [9.17, 15) is 13.2 Å². The monoisotopic (exact) mass is 312 g/mol. The number of rotatable bonds is 11. The Morgan fingerprint density at radius 2 is 1.50 bits per heavy atom. The Morgan fingerprint density at radius 3 is 1.90 bits per heavy atom. The summed E-state index contributed by atoms with van der Waals surface area (Å²) in [5.41, 5.74) is 0. The topological polar surface area (TPSA) is 85.4 Å². The molecule has 0 heterocycles. The molecule has 0 fully saturated rings. The molecular formula is C11H24N2O6S. The van der Waals surface area contributed by atoms with Gasteiger partial charge < -0.3 is 14.2 Å². The molecule has 0 bridgehead atoms. The average Bonchev–Trinajstić information content (AvgIpc) is 2.43. The summed E-state index contributed by atoms with van der Waals surface area (Å²) in [4.78, 5) is 11.1. The van der Waals surface area contributed by atoms with Gasteiger partial charge in [-0.05, 0) is 0 Å². The van der Waals surface area contributed by atoms with Gasteiger partial charge in [0.15, 0.2) is 0 Å². The summed E-state index contributed by atoms with van der Waals surface area (Å²) in [6.07, 6.45) is 0.00856. The number of esters is 1. The Morgan fingerprint density at radius 1 is 1.00 bits per heavy atom. The third-order valence-corrected chi connectivity index (χ3v) is 4.66. The summed E-state index contributed by atoms with van der Waals surface area (Å²) in [7, 11) is 2.04. The summed E-state index contributed by atoms with van der Waals surface area (Å²) in [5, 5.41) is 0. The van der Waals surface area contributed by atoms with E-state index in [1.807, 2.05) is 0 Å². The number of carbonyl (C=O) groups is 1. The van der Waals surface area contributed by atoms with E-state index in [-0.39, 0.29) is 39.3 Å². The van der Waals surface area contributed by atoms with Crippen molar-refractivity contribution in [2.75, 3.05) is 61.2 Å². The van der Waals surface area contributed by atoms with Crippen molar-refractivity contribution in [3.63, 3.8) is 0 Å². The molecule has 0 spiro atoms. The number of hydrogen-bond donors (Lipinski definition) is 0. The number of hydrogen-bond acceptors (Lipinski definition) is 6. The van der Waals surface area contributed by atoms with E-state index in [1.165, 1.54) is 32.7 Å². The van der Waals surface area contributed by atoms with Crippen molar-refractivity contribution in [1.29, 1.82) is 0 Å². The van der Waals surface area contributed by atoms with Crippen molar-refractivity contribution in [3.05, 3.63) is 0 Å².